The lowest BCUT2D eigenvalue weighted by molar-refractivity contribution is 0.0903. The molecule has 116 valence electrons. The number of nitrogens with one attached hydrogen (secondary N) is 1. The van der Waals surface area contributed by atoms with Gasteiger partial charge in [-0.1, -0.05) is 30.3 Å². The van der Waals surface area contributed by atoms with Crippen molar-refractivity contribution in [1.29, 1.82) is 0 Å². The van der Waals surface area contributed by atoms with Gasteiger partial charge in [0.25, 0.3) is 5.91 Å². The van der Waals surface area contributed by atoms with E-state index in [1.165, 1.54) is 18.1 Å². The summed E-state index contributed by atoms with van der Waals surface area (Å²) < 4.78 is 4.96. The molecule has 2 heterocycles. The number of likely N-dealkylation sites (tertiary alicyclic amines) is 1. The van der Waals surface area contributed by atoms with Crippen molar-refractivity contribution in [2.45, 2.75) is 25.3 Å². The topological polar surface area (TPSA) is 45.5 Å². The van der Waals surface area contributed by atoms with Crippen molar-refractivity contribution < 1.29 is 9.21 Å². The first-order chi connectivity index (χ1) is 10.8. The molecule has 3 rings (SSSR count). The number of hydrogen-bond acceptors (Lipinski definition) is 3. The lowest BCUT2D eigenvalue weighted by Crippen LogP contribution is -2.48. The monoisotopic (exact) mass is 298 g/mol. The maximum atomic E-state index is 12.1. The molecule has 1 aromatic heterocycles. The van der Waals surface area contributed by atoms with Gasteiger partial charge in [0, 0.05) is 19.1 Å². The highest BCUT2D eigenvalue weighted by Crippen LogP contribution is 2.12. The zero-order valence-corrected chi connectivity index (χ0v) is 12.7. The second kappa shape index (κ2) is 7.27. The maximum Gasteiger partial charge on any atom is 0.254 e. The zero-order chi connectivity index (χ0) is 15.2. The molecule has 1 aliphatic rings. The number of hydrogen-bond donors (Lipinski definition) is 1. The first-order valence-electron chi connectivity index (χ1n) is 7.90. The molecule has 4 nitrogen and oxygen atoms in total. The Kier molecular flexibility index (Phi) is 4.91. The minimum Gasteiger partial charge on any atom is -0.472 e. The molecule has 1 N–H and O–H groups in total. The first-order valence-corrected chi connectivity index (χ1v) is 7.90. The molecule has 4 heteroatoms. The van der Waals surface area contributed by atoms with Crippen LogP contribution in [-0.2, 0) is 6.42 Å². The summed E-state index contributed by atoms with van der Waals surface area (Å²) in [6.45, 7) is 3.09. The Bertz CT molecular complexity index is 580. The molecule has 1 fully saturated rings. The van der Waals surface area contributed by atoms with Gasteiger partial charge in [0.05, 0.1) is 11.8 Å². The third-order valence-electron chi connectivity index (χ3n) is 4.18. The summed E-state index contributed by atoms with van der Waals surface area (Å²) in [6, 6.07) is 12.5. The van der Waals surface area contributed by atoms with Crippen molar-refractivity contribution in [1.82, 2.24) is 10.2 Å². The van der Waals surface area contributed by atoms with Crippen LogP contribution >= 0.6 is 0 Å². The lowest BCUT2D eigenvalue weighted by atomic mass is 10.0. The van der Waals surface area contributed by atoms with E-state index in [0.717, 1.165) is 38.9 Å². The van der Waals surface area contributed by atoms with Crippen LogP contribution in [0.25, 0.3) is 0 Å². The molecule has 0 aliphatic carbocycles. The molecular formula is C18H22N2O2. The van der Waals surface area contributed by atoms with Crippen LogP contribution < -0.4 is 5.32 Å². The van der Waals surface area contributed by atoms with Gasteiger partial charge in [0.2, 0.25) is 0 Å². The number of furan rings is 1. The van der Waals surface area contributed by atoms with Crippen LogP contribution in [0.4, 0.5) is 0 Å². The normalized spacial score (nSPS) is 19.0. The van der Waals surface area contributed by atoms with E-state index in [-0.39, 0.29) is 11.9 Å². The SMILES string of the molecule is O=C(NC1CCCN(CCc2ccccc2)C1)c1ccoc1. The average Bonchev–Trinajstić information content (AvgIpc) is 3.09. The van der Waals surface area contributed by atoms with Crippen LogP contribution in [0.1, 0.15) is 28.8 Å². The summed E-state index contributed by atoms with van der Waals surface area (Å²) in [7, 11) is 0. The van der Waals surface area contributed by atoms with Crippen LogP contribution in [0, 0.1) is 0 Å². The predicted octanol–water partition coefficient (Wildman–Crippen LogP) is 2.72. The molecule has 1 unspecified atom stereocenters. The minimum absolute atomic E-state index is 0.0383. The van der Waals surface area contributed by atoms with Gasteiger partial charge in [-0.2, -0.15) is 0 Å². The van der Waals surface area contributed by atoms with Gasteiger partial charge >= 0.3 is 0 Å². The molecule has 1 saturated heterocycles. The van der Waals surface area contributed by atoms with Crippen molar-refractivity contribution >= 4 is 5.91 Å². The second-order valence-electron chi connectivity index (χ2n) is 5.86. The highest BCUT2D eigenvalue weighted by atomic mass is 16.3. The Hall–Kier alpha value is -2.07. The summed E-state index contributed by atoms with van der Waals surface area (Å²) >= 11 is 0. The summed E-state index contributed by atoms with van der Waals surface area (Å²) in [6.07, 6.45) is 6.26. The molecular weight excluding hydrogens is 276 g/mol. The predicted molar refractivity (Wildman–Crippen MR) is 85.8 cm³/mol. The van der Waals surface area contributed by atoms with Gasteiger partial charge in [-0.05, 0) is 37.4 Å². The zero-order valence-electron chi connectivity index (χ0n) is 12.7. The molecule has 22 heavy (non-hydrogen) atoms. The number of piperidine rings is 1. The van der Waals surface area contributed by atoms with Crippen molar-refractivity contribution in [2.24, 2.45) is 0 Å². The molecule has 0 spiro atoms. The lowest BCUT2D eigenvalue weighted by Gasteiger charge is -2.33. The van der Waals surface area contributed by atoms with E-state index in [1.807, 2.05) is 6.07 Å². The van der Waals surface area contributed by atoms with Gasteiger partial charge in [-0.3, -0.25) is 4.79 Å². The molecule has 1 aliphatic heterocycles. The van der Waals surface area contributed by atoms with E-state index >= 15 is 0 Å². The van der Waals surface area contributed by atoms with Crippen molar-refractivity contribution in [3.63, 3.8) is 0 Å². The summed E-state index contributed by atoms with van der Waals surface area (Å²) in [5.74, 6) is -0.0383. The minimum atomic E-state index is -0.0383. The largest absolute Gasteiger partial charge is 0.472 e. The van der Waals surface area contributed by atoms with Crippen LogP contribution in [0.3, 0.4) is 0 Å². The molecule has 2 aromatic rings. The van der Waals surface area contributed by atoms with E-state index in [4.69, 9.17) is 4.42 Å². The fraction of sp³-hybridized carbons (Fsp3) is 0.389. The molecule has 1 aromatic carbocycles. The molecule has 0 radical (unpaired) electrons. The quantitative estimate of drug-likeness (QED) is 0.923. The second-order valence-corrected chi connectivity index (χ2v) is 5.86. The first kappa shape index (κ1) is 14.9. The molecule has 0 saturated carbocycles. The standard InChI is InChI=1S/C18H22N2O2/c21-18(16-9-12-22-14-16)19-17-7-4-10-20(13-17)11-8-15-5-2-1-3-6-15/h1-3,5-6,9,12,14,17H,4,7-8,10-11,13H2,(H,19,21). The van der Waals surface area contributed by atoms with Gasteiger partial charge in [0.1, 0.15) is 6.26 Å². The third-order valence-corrected chi connectivity index (χ3v) is 4.18. The Morgan fingerprint density at radius 1 is 1.27 bits per heavy atom. The van der Waals surface area contributed by atoms with E-state index < -0.39 is 0 Å². The fourth-order valence-corrected chi connectivity index (χ4v) is 2.97. The van der Waals surface area contributed by atoms with E-state index in [2.05, 4.69) is 34.5 Å². The number of amides is 1. The number of benzene rings is 1. The van der Waals surface area contributed by atoms with Crippen molar-refractivity contribution in [2.75, 3.05) is 19.6 Å². The Balaban J connectivity index is 1.48. The summed E-state index contributed by atoms with van der Waals surface area (Å²) in [4.78, 5) is 14.5. The highest BCUT2D eigenvalue weighted by Gasteiger charge is 2.21. The molecule has 1 amide bonds. The average molecular weight is 298 g/mol. The van der Waals surface area contributed by atoms with Crippen LogP contribution in [-0.4, -0.2) is 36.5 Å². The number of nitrogens with zero attached hydrogens (tertiary/aromatic N) is 1. The Morgan fingerprint density at radius 3 is 2.91 bits per heavy atom. The molecule has 1 atom stereocenters. The Labute approximate surface area is 131 Å². The molecule has 0 bridgehead atoms. The van der Waals surface area contributed by atoms with Crippen LogP contribution in [0.2, 0.25) is 0 Å². The third kappa shape index (κ3) is 3.98. The van der Waals surface area contributed by atoms with E-state index in [1.54, 1.807) is 6.07 Å². The number of rotatable bonds is 5. The summed E-state index contributed by atoms with van der Waals surface area (Å²) in [5, 5.41) is 3.11. The highest BCUT2D eigenvalue weighted by molar-refractivity contribution is 5.93. The maximum absolute atomic E-state index is 12.1. The van der Waals surface area contributed by atoms with Crippen molar-refractivity contribution in [3.05, 3.63) is 60.1 Å². The van der Waals surface area contributed by atoms with Gasteiger partial charge < -0.3 is 14.6 Å². The van der Waals surface area contributed by atoms with Gasteiger partial charge in [-0.15, -0.1) is 0 Å². The van der Waals surface area contributed by atoms with E-state index in [0.29, 0.717) is 5.56 Å². The fourth-order valence-electron chi connectivity index (χ4n) is 2.97. The van der Waals surface area contributed by atoms with Crippen molar-refractivity contribution in [3.8, 4) is 0 Å². The van der Waals surface area contributed by atoms with E-state index in [9.17, 15) is 4.79 Å². The number of carbonyl (C=O) groups excluding carboxylic acids is 1. The summed E-state index contributed by atoms with van der Waals surface area (Å²) in [5.41, 5.74) is 1.97. The smallest absolute Gasteiger partial charge is 0.254 e. The van der Waals surface area contributed by atoms with Crippen LogP contribution in [0.15, 0.2) is 53.3 Å². The van der Waals surface area contributed by atoms with Crippen LogP contribution in [0.5, 0.6) is 0 Å². The number of carbonyl (C=O) groups is 1. The Morgan fingerprint density at radius 2 is 2.14 bits per heavy atom. The van der Waals surface area contributed by atoms with Gasteiger partial charge in [-0.25, -0.2) is 0 Å². The van der Waals surface area contributed by atoms with Gasteiger partial charge in [0.15, 0.2) is 0 Å².